The molecule has 0 atom stereocenters. The summed E-state index contributed by atoms with van der Waals surface area (Å²) >= 11 is 0. The maximum Gasteiger partial charge on any atom is 0.236 e. The number of hydrogen-bond donors (Lipinski definition) is 2. The lowest BCUT2D eigenvalue weighted by molar-refractivity contribution is -0.116. The van der Waals surface area contributed by atoms with Crippen molar-refractivity contribution in [2.75, 3.05) is 29.9 Å². The molecule has 1 aromatic heterocycles. The van der Waals surface area contributed by atoms with Gasteiger partial charge < -0.3 is 16.0 Å². The van der Waals surface area contributed by atoms with Crippen LogP contribution < -0.4 is 16.0 Å². The van der Waals surface area contributed by atoms with Gasteiger partial charge in [-0.05, 0) is 19.8 Å². The topological polar surface area (TPSA) is 84.1 Å². The Bertz CT molecular complexity index is 433. The second kappa shape index (κ2) is 6.92. The number of aromatic nitrogens is 2. The third-order valence-electron chi connectivity index (χ3n) is 2.51. The highest BCUT2D eigenvalue weighted by molar-refractivity contribution is 5.79. The van der Waals surface area contributed by atoms with E-state index in [2.05, 4.69) is 29.1 Å². The summed E-state index contributed by atoms with van der Waals surface area (Å²) in [6.45, 7) is 9.75. The summed E-state index contributed by atoms with van der Waals surface area (Å²) in [5, 5.41) is 3.07. The normalized spacial score (nSPS) is 10.6. The van der Waals surface area contributed by atoms with Crippen LogP contribution in [0.3, 0.4) is 0 Å². The van der Waals surface area contributed by atoms with Gasteiger partial charge in [0.1, 0.15) is 5.82 Å². The Hall–Kier alpha value is -1.85. The molecule has 0 fully saturated rings. The van der Waals surface area contributed by atoms with Gasteiger partial charge in [-0.3, -0.25) is 4.79 Å². The predicted octanol–water partition coefficient (Wildman–Crippen LogP) is 1.16. The van der Waals surface area contributed by atoms with Crippen LogP contribution in [0.4, 0.5) is 11.8 Å². The first-order chi connectivity index (χ1) is 8.93. The van der Waals surface area contributed by atoms with Crippen molar-refractivity contribution in [1.29, 1.82) is 0 Å². The largest absolute Gasteiger partial charge is 0.368 e. The van der Waals surface area contributed by atoms with E-state index in [0.29, 0.717) is 11.9 Å². The first kappa shape index (κ1) is 15.2. The number of nitrogens with zero attached hydrogens (tertiary/aromatic N) is 3. The van der Waals surface area contributed by atoms with Gasteiger partial charge in [0.15, 0.2) is 0 Å². The summed E-state index contributed by atoms with van der Waals surface area (Å²) in [7, 11) is 0. The number of aryl methyl sites for hydroxylation is 1. The quantitative estimate of drug-likeness (QED) is 0.773. The molecule has 0 aromatic carbocycles. The molecule has 6 heteroatoms. The van der Waals surface area contributed by atoms with Gasteiger partial charge in [-0.2, -0.15) is 4.98 Å². The highest BCUT2D eigenvalue weighted by Crippen LogP contribution is 2.19. The number of amides is 1. The molecule has 0 saturated heterocycles. The first-order valence-electron chi connectivity index (χ1n) is 6.54. The average molecular weight is 265 g/mol. The Kier molecular flexibility index (Phi) is 5.54. The van der Waals surface area contributed by atoms with Crippen molar-refractivity contribution < 1.29 is 4.79 Å². The van der Waals surface area contributed by atoms with E-state index < -0.39 is 0 Å². The smallest absolute Gasteiger partial charge is 0.236 e. The standard InChI is InChI=1S/C13H23N5O/c1-5-15-13-16-6-10(4)12(17-13)18(7-9(2)3)8-11(14)19/h6,9H,5,7-8H2,1-4H3,(H2,14,19)(H,15,16,17). The van der Waals surface area contributed by atoms with Gasteiger partial charge in [0.2, 0.25) is 11.9 Å². The van der Waals surface area contributed by atoms with Crippen LogP contribution in [-0.2, 0) is 4.79 Å². The zero-order valence-corrected chi connectivity index (χ0v) is 12.1. The number of carbonyl (C=O) groups excluding carboxylic acids is 1. The number of nitrogens with one attached hydrogen (secondary N) is 1. The Labute approximate surface area is 114 Å². The molecule has 0 unspecified atom stereocenters. The lowest BCUT2D eigenvalue weighted by Gasteiger charge is -2.25. The Morgan fingerprint density at radius 1 is 1.53 bits per heavy atom. The fourth-order valence-corrected chi connectivity index (χ4v) is 1.85. The predicted molar refractivity (Wildman–Crippen MR) is 77.2 cm³/mol. The summed E-state index contributed by atoms with van der Waals surface area (Å²) in [4.78, 5) is 21.8. The van der Waals surface area contributed by atoms with Gasteiger partial charge in [-0.15, -0.1) is 0 Å². The van der Waals surface area contributed by atoms with E-state index in [1.807, 2.05) is 18.7 Å². The third kappa shape index (κ3) is 4.73. The van der Waals surface area contributed by atoms with Gasteiger partial charge >= 0.3 is 0 Å². The molecule has 1 aromatic rings. The molecule has 6 nitrogen and oxygen atoms in total. The first-order valence-corrected chi connectivity index (χ1v) is 6.54. The van der Waals surface area contributed by atoms with Gasteiger partial charge in [0.25, 0.3) is 0 Å². The van der Waals surface area contributed by atoms with Gasteiger partial charge in [0.05, 0.1) is 6.54 Å². The fraction of sp³-hybridized carbons (Fsp3) is 0.615. The van der Waals surface area contributed by atoms with E-state index in [-0.39, 0.29) is 12.5 Å². The number of nitrogens with two attached hydrogens (primary N) is 1. The Morgan fingerprint density at radius 3 is 2.74 bits per heavy atom. The molecule has 0 radical (unpaired) electrons. The molecule has 0 aliphatic heterocycles. The molecular formula is C13H23N5O. The van der Waals surface area contributed by atoms with Crippen molar-refractivity contribution >= 4 is 17.7 Å². The molecule has 0 spiro atoms. The minimum atomic E-state index is -0.358. The van der Waals surface area contributed by atoms with Crippen LogP contribution >= 0.6 is 0 Å². The highest BCUT2D eigenvalue weighted by Gasteiger charge is 2.16. The van der Waals surface area contributed by atoms with E-state index in [4.69, 9.17) is 5.73 Å². The zero-order chi connectivity index (χ0) is 14.4. The molecule has 1 amide bonds. The lowest BCUT2D eigenvalue weighted by Crippen LogP contribution is -2.37. The fourth-order valence-electron chi connectivity index (χ4n) is 1.85. The zero-order valence-electron chi connectivity index (χ0n) is 12.1. The number of anilines is 2. The average Bonchev–Trinajstić information content (AvgIpc) is 2.30. The molecule has 1 rings (SSSR count). The lowest BCUT2D eigenvalue weighted by atomic mass is 10.2. The number of rotatable bonds is 7. The van der Waals surface area contributed by atoms with Gasteiger partial charge in [-0.1, -0.05) is 13.8 Å². The van der Waals surface area contributed by atoms with E-state index in [9.17, 15) is 4.79 Å². The minimum Gasteiger partial charge on any atom is -0.368 e. The summed E-state index contributed by atoms with van der Waals surface area (Å²) in [5.41, 5.74) is 6.25. The number of hydrogen-bond acceptors (Lipinski definition) is 5. The molecule has 0 saturated carbocycles. The van der Waals surface area contributed by atoms with E-state index in [1.54, 1.807) is 6.20 Å². The second-order valence-corrected chi connectivity index (χ2v) is 4.97. The summed E-state index contributed by atoms with van der Waals surface area (Å²) in [6.07, 6.45) is 1.76. The molecule has 106 valence electrons. The second-order valence-electron chi connectivity index (χ2n) is 4.97. The molecule has 1 heterocycles. The van der Waals surface area contributed by atoms with Crippen molar-refractivity contribution in [1.82, 2.24) is 9.97 Å². The van der Waals surface area contributed by atoms with Crippen LogP contribution in [0.5, 0.6) is 0 Å². The van der Waals surface area contributed by atoms with Crippen LogP contribution in [0, 0.1) is 12.8 Å². The van der Waals surface area contributed by atoms with Gasteiger partial charge in [-0.25, -0.2) is 4.98 Å². The van der Waals surface area contributed by atoms with Crippen LogP contribution in [-0.4, -0.2) is 35.5 Å². The van der Waals surface area contributed by atoms with E-state index in [1.165, 1.54) is 0 Å². The Balaban J connectivity index is 3.04. The van der Waals surface area contributed by atoms with Crippen LogP contribution in [0.1, 0.15) is 26.3 Å². The maximum absolute atomic E-state index is 11.2. The molecule has 19 heavy (non-hydrogen) atoms. The summed E-state index contributed by atoms with van der Waals surface area (Å²) in [6, 6.07) is 0. The van der Waals surface area contributed by atoms with Gasteiger partial charge in [0, 0.05) is 24.8 Å². The molecular weight excluding hydrogens is 242 g/mol. The minimum absolute atomic E-state index is 0.168. The Morgan fingerprint density at radius 2 is 2.21 bits per heavy atom. The highest BCUT2D eigenvalue weighted by atomic mass is 16.1. The van der Waals surface area contributed by atoms with Crippen molar-refractivity contribution in [2.24, 2.45) is 11.7 Å². The molecule has 0 aliphatic rings. The van der Waals surface area contributed by atoms with Crippen molar-refractivity contribution in [3.8, 4) is 0 Å². The van der Waals surface area contributed by atoms with E-state index >= 15 is 0 Å². The molecule has 0 aliphatic carbocycles. The maximum atomic E-state index is 11.2. The summed E-state index contributed by atoms with van der Waals surface area (Å²) < 4.78 is 0. The van der Waals surface area contributed by atoms with E-state index in [0.717, 1.165) is 24.5 Å². The summed E-state index contributed by atoms with van der Waals surface area (Å²) in [5.74, 6) is 1.39. The van der Waals surface area contributed by atoms with Crippen molar-refractivity contribution in [2.45, 2.75) is 27.7 Å². The van der Waals surface area contributed by atoms with Crippen molar-refractivity contribution in [3.05, 3.63) is 11.8 Å². The SMILES string of the molecule is CCNc1ncc(C)c(N(CC(N)=O)CC(C)C)n1. The van der Waals surface area contributed by atoms with Crippen LogP contribution in [0.25, 0.3) is 0 Å². The monoisotopic (exact) mass is 265 g/mol. The van der Waals surface area contributed by atoms with Crippen molar-refractivity contribution in [3.63, 3.8) is 0 Å². The van der Waals surface area contributed by atoms with Crippen LogP contribution in [0.15, 0.2) is 6.20 Å². The third-order valence-corrected chi connectivity index (χ3v) is 2.51. The number of primary amides is 1. The molecule has 3 N–H and O–H groups in total. The molecule has 0 bridgehead atoms. The number of carbonyl (C=O) groups is 1. The van der Waals surface area contributed by atoms with Crippen LogP contribution in [0.2, 0.25) is 0 Å².